The largest absolute Gasteiger partial charge is 0.396 e. The van der Waals surface area contributed by atoms with Crippen LogP contribution in [0.1, 0.15) is 39.5 Å². The van der Waals surface area contributed by atoms with Crippen molar-refractivity contribution < 1.29 is 9.90 Å². The van der Waals surface area contributed by atoms with Crippen LogP contribution in [0.25, 0.3) is 0 Å². The fourth-order valence-corrected chi connectivity index (χ4v) is 0.876. The molecule has 0 bridgehead atoms. The number of rotatable bonds is 6. The zero-order valence-corrected chi connectivity index (χ0v) is 7.47. The highest BCUT2D eigenvalue weighted by molar-refractivity contribution is 5.80. The predicted octanol–water partition coefficient (Wildman–Crippen LogP) is 1.76. The Morgan fingerprint density at radius 2 is 1.91 bits per heavy atom. The van der Waals surface area contributed by atoms with E-state index in [4.69, 9.17) is 5.11 Å². The molecule has 0 aliphatic rings. The van der Waals surface area contributed by atoms with E-state index in [2.05, 4.69) is 0 Å². The zero-order valence-electron chi connectivity index (χ0n) is 7.47. The van der Waals surface area contributed by atoms with Gasteiger partial charge in [0, 0.05) is 18.9 Å². The molecule has 0 unspecified atom stereocenters. The van der Waals surface area contributed by atoms with Gasteiger partial charge in [-0.25, -0.2) is 0 Å². The maximum atomic E-state index is 11.0. The van der Waals surface area contributed by atoms with E-state index >= 15 is 0 Å². The number of aliphatic hydroxyl groups is 1. The maximum Gasteiger partial charge on any atom is 0.135 e. The Balaban J connectivity index is 3.18. The van der Waals surface area contributed by atoms with Gasteiger partial charge < -0.3 is 5.11 Å². The van der Waals surface area contributed by atoms with Crippen LogP contribution in [0.15, 0.2) is 0 Å². The Bertz CT molecular complexity index is 108. The number of unbranched alkanes of at least 4 members (excludes halogenated alkanes) is 2. The second kappa shape index (κ2) is 6.35. The van der Waals surface area contributed by atoms with Crippen molar-refractivity contribution in [2.45, 2.75) is 39.5 Å². The highest BCUT2D eigenvalue weighted by Crippen LogP contribution is 2.05. The number of hydrogen-bond acceptors (Lipinski definition) is 2. The second-order valence-corrected chi connectivity index (χ2v) is 3.16. The van der Waals surface area contributed by atoms with Crippen LogP contribution in [0.3, 0.4) is 0 Å². The number of aliphatic hydroxyl groups excluding tert-OH is 1. The molecule has 0 radical (unpaired) electrons. The normalized spacial score (nSPS) is 10.5. The summed E-state index contributed by atoms with van der Waals surface area (Å²) in [6.07, 6.45) is 3.40. The molecule has 0 saturated carbocycles. The molecule has 0 aliphatic heterocycles. The van der Waals surface area contributed by atoms with Gasteiger partial charge in [-0.15, -0.1) is 0 Å². The molecule has 2 heteroatoms. The lowest BCUT2D eigenvalue weighted by molar-refractivity contribution is -0.122. The third-order valence-electron chi connectivity index (χ3n) is 1.73. The van der Waals surface area contributed by atoms with Crippen LogP contribution in [0.4, 0.5) is 0 Å². The SMILES string of the molecule is CC(C)C(=O)CCCCCO. The number of ketones is 1. The minimum Gasteiger partial charge on any atom is -0.396 e. The van der Waals surface area contributed by atoms with Crippen LogP contribution >= 0.6 is 0 Å². The predicted molar refractivity (Wildman–Crippen MR) is 45.4 cm³/mol. The first-order chi connectivity index (χ1) is 5.18. The van der Waals surface area contributed by atoms with Crippen molar-refractivity contribution in [3.05, 3.63) is 0 Å². The van der Waals surface area contributed by atoms with Gasteiger partial charge >= 0.3 is 0 Å². The highest BCUT2D eigenvalue weighted by Gasteiger charge is 2.05. The van der Waals surface area contributed by atoms with E-state index in [1.807, 2.05) is 13.8 Å². The molecule has 0 spiro atoms. The molecular weight excluding hydrogens is 140 g/mol. The summed E-state index contributed by atoms with van der Waals surface area (Å²) in [5.74, 6) is 0.507. The van der Waals surface area contributed by atoms with Crippen molar-refractivity contribution in [3.63, 3.8) is 0 Å². The number of hydrogen-bond donors (Lipinski definition) is 1. The minimum atomic E-state index is 0.170. The molecule has 0 aliphatic carbocycles. The Morgan fingerprint density at radius 3 is 2.36 bits per heavy atom. The van der Waals surface area contributed by atoms with Crippen molar-refractivity contribution in [1.29, 1.82) is 0 Å². The zero-order chi connectivity index (χ0) is 8.69. The van der Waals surface area contributed by atoms with Crippen LogP contribution in [0, 0.1) is 5.92 Å². The molecule has 0 atom stereocenters. The molecular formula is C9H18O2. The Kier molecular flexibility index (Phi) is 6.13. The van der Waals surface area contributed by atoms with E-state index in [0.29, 0.717) is 12.2 Å². The Hall–Kier alpha value is -0.370. The summed E-state index contributed by atoms with van der Waals surface area (Å²) < 4.78 is 0. The summed E-state index contributed by atoms with van der Waals surface area (Å²) in [5.41, 5.74) is 0. The van der Waals surface area contributed by atoms with Gasteiger partial charge in [0.05, 0.1) is 0 Å². The van der Waals surface area contributed by atoms with Gasteiger partial charge in [-0.05, 0) is 12.8 Å². The molecule has 0 aromatic carbocycles. The molecule has 0 aromatic rings. The average molecular weight is 158 g/mol. The summed E-state index contributed by atoms with van der Waals surface area (Å²) in [7, 11) is 0. The van der Waals surface area contributed by atoms with Gasteiger partial charge in [0.15, 0.2) is 0 Å². The van der Waals surface area contributed by atoms with Gasteiger partial charge in [0.25, 0.3) is 0 Å². The quantitative estimate of drug-likeness (QED) is 0.598. The fourth-order valence-electron chi connectivity index (χ4n) is 0.876. The van der Waals surface area contributed by atoms with Gasteiger partial charge in [0.1, 0.15) is 5.78 Å². The van der Waals surface area contributed by atoms with Gasteiger partial charge in [-0.1, -0.05) is 20.3 Å². The Morgan fingerprint density at radius 1 is 1.27 bits per heavy atom. The van der Waals surface area contributed by atoms with Crippen molar-refractivity contribution in [2.24, 2.45) is 5.92 Å². The molecule has 66 valence electrons. The summed E-state index contributed by atoms with van der Waals surface area (Å²) in [4.78, 5) is 11.0. The van der Waals surface area contributed by atoms with Crippen molar-refractivity contribution >= 4 is 5.78 Å². The first kappa shape index (κ1) is 10.6. The number of carbonyl (C=O) groups is 1. The van der Waals surface area contributed by atoms with E-state index < -0.39 is 0 Å². The number of Topliss-reactive ketones (excluding diaryl/α,β-unsaturated/α-hetero) is 1. The lowest BCUT2D eigenvalue weighted by atomic mass is 10.0. The van der Waals surface area contributed by atoms with E-state index in [1.54, 1.807) is 0 Å². The molecule has 0 saturated heterocycles. The second-order valence-electron chi connectivity index (χ2n) is 3.16. The summed E-state index contributed by atoms with van der Waals surface area (Å²) in [6.45, 7) is 4.10. The van der Waals surface area contributed by atoms with E-state index in [9.17, 15) is 4.79 Å². The molecule has 0 rings (SSSR count). The average Bonchev–Trinajstić information content (AvgIpc) is 1.97. The van der Waals surface area contributed by atoms with Crippen LogP contribution < -0.4 is 0 Å². The summed E-state index contributed by atoms with van der Waals surface area (Å²) >= 11 is 0. The lowest BCUT2D eigenvalue weighted by Gasteiger charge is -2.02. The topological polar surface area (TPSA) is 37.3 Å². The van der Waals surface area contributed by atoms with Gasteiger partial charge in [-0.3, -0.25) is 4.79 Å². The Labute approximate surface area is 68.6 Å². The molecule has 0 fully saturated rings. The first-order valence-corrected chi connectivity index (χ1v) is 4.32. The number of carbonyl (C=O) groups excluding carboxylic acids is 1. The van der Waals surface area contributed by atoms with E-state index in [-0.39, 0.29) is 12.5 Å². The standard InChI is InChI=1S/C9H18O2/c1-8(2)9(11)6-4-3-5-7-10/h8,10H,3-7H2,1-2H3. The molecule has 0 amide bonds. The molecule has 11 heavy (non-hydrogen) atoms. The van der Waals surface area contributed by atoms with Gasteiger partial charge in [-0.2, -0.15) is 0 Å². The fraction of sp³-hybridized carbons (Fsp3) is 0.889. The lowest BCUT2D eigenvalue weighted by Crippen LogP contribution is -2.06. The third kappa shape index (κ3) is 6.05. The van der Waals surface area contributed by atoms with E-state index in [1.165, 1.54) is 0 Å². The minimum absolute atomic E-state index is 0.170. The maximum absolute atomic E-state index is 11.0. The van der Waals surface area contributed by atoms with Crippen LogP contribution in [0.2, 0.25) is 0 Å². The first-order valence-electron chi connectivity index (χ1n) is 4.32. The van der Waals surface area contributed by atoms with Crippen LogP contribution in [-0.4, -0.2) is 17.5 Å². The molecule has 0 aromatic heterocycles. The summed E-state index contributed by atoms with van der Waals surface area (Å²) in [5, 5.41) is 8.46. The van der Waals surface area contributed by atoms with E-state index in [0.717, 1.165) is 19.3 Å². The smallest absolute Gasteiger partial charge is 0.135 e. The molecule has 2 nitrogen and oxygen atoms in total. The van der Waals surface area contributed by atoms with Crippen molar-refractivity contribution in [1.82, 2.24) is 0 Å². The monoisotopic (exact) mass is 158 g/mol. The highest BCUT2D eigenvalue weighted by atomic mass is 16.2. The van der Waals surface area contributed by atoms with Crippen LogP contribution in [-0.2, 0) is 4.79 Å². The van der Waals surface area contributed by atoms with Crippen molar-refractivity contribution in [3.8, 4) is 0 Å². The van der Waals surface area contributed by atoms with Crippen LogP contribution in [0.5, 0.6) is 0 Å². The van der Waals surface area contributed by atoms with Crippen molar-refractivity contribution in [2.75, 3.05) is 6.61 Å². The molecule has 0 heterocycles. The van der Waals surface area contributed by atoms with Gasteiger partial charge in [0.2, 0.25) is 0 Å². The third-order valence-corrected chi connectivity index (χ3v) is 1.73. The summed E-state index contributed by atoms with van der Waals surface area (Å²) in [6, 6.07) is 0. The molecule has 1 N–H and O–H groups in total.